The molecule has 2 rings (SSSR count). The first-order chi connectivity index (χ1) is 10.4. The zero-order chi connectivity index (χ0) is 16.3. The van der Waals surface area contributed by atoms with Crippen molar-refractivity contribution >= 4 is 33.2 Å². The van der Waals surface area contributed by atoms with Gasteiger partial charge in [-0.1, -0.05) is 0 Å². The van der Waals surface area contributed by atoms with E-state index in [2.05, 4.69) is 26.2 Å². The number of methoxy groups -OCH3 is 1. The van der Waals surface area contributed by atoms with E-state index in [1.54, 1.807) is 0 Å². The van der Waals surface area contributed by atoms with E-state index in [0.717, 1.165) is 0 Å². The van der Waals surface area contributed by atoms with Crippen LogP contribution in [0.15, 0.2) is 39.7 Å². The molecule has 0 radical (unpaired) electrons. The van der Waals surface area contributed by atoms with Crippen LogP contribution in [-0.2, 0) is 0 Å². The van der Waals surface area contributed by atoms with Gasteiger partial charge in [-0.25, -0.2) is 0 Å². The molecule has 0 aliphatic rings. The molecule has 1 amide bonds. The Balaban J connectivity index is 2.32. The van der Waals surface area contributed by atoms with Crippen LogP contribution in [0.2, 0.25) is 0 Å². The summed E-state index contributed by atoms with van der Waals surface area (Å²) in [5.74, 6) is -0.627. The number of benzene rings is 1. The number of aromatic amines is 1. The number of rotatable bonds is 4. The fourth-order valence-electron chi connectivity index (χ4n) is 1.71. The molecule has 0 fully saturated rings. The van der Waals surface area contributed by atoms with Crippen LogP contribution in [0.4, 0.5) is 11.4 Å². The quantitative estimate of drug-likeness (QED) is 0.635. The normalized spacial score (nSPS) is 10.1. The second kappa shape index (κ2) is 6.39. The van der Waals surface area contributed by atoms with Crippen LogP contribution in [0.3, 0.4) is 0 Å². The predicted molar refractivity (Wildman–Crippen MR) is 82.4 cm³/mol. The molecule has 0 aliphatic heterocycles. The highest BCUT2D eigenvalue weighted by Crippen LogP contribution is 2.27. The summed E-state index contributed by atoms with van der Waals surface area (Å²) in [6, 6.07) is 5.13. The van der Waals surface area contributed by atoms with Gasteiger partial charge in [0.1, 0.15) is 5.69 Å². The van der Waals surface area contributed by atoms with E-state index in [9.17, 15) is 19.7 Å². The minimum atomic E-state index is -0.612. The predicted octanol–water partition coefficient (Wildman–Crippen LogP) is 2.31. The number of nitrogens with zero attached hydrogens (tertiary/aromatic N) is 1. The SMILES string of the molecule is COc1cc(C(=O)Nc2cc(Br)c[nH]c2=O)ccc1[N+](=O)[O-]. The number of pyridine rings is 1. The molecule has 2 aromatic rings. The van der Waals surface area contributed by atoms with Gasteiger partial charge in [0.2, 0.25) is 0 Å². The van der Waals surface area contributed by atoms with Crippen molar-refractivity contribution in [2.45, 2.75) is 0 Å². The Morgan fingerprint density at radius 2 is 2.14 bits per heavy atom. The van der Waals surface area contributed by atoms with Crippen LogP contribution in [0.1, 0.15) is 10.4 Å². The molecule has 22 heavy (non-hydrogen) atoms. The fourth-order valence-corrected chi connectivity index (χ4v) is 2.06. The molecular weight excluding hydrogens is 358 g/mol. The number of hydrogen-bond acceptors (Lipinski definition) is 5. The number of carbonyl (C=O) groups is 1. The Hall–Kier alpha value is -2.68. The van der Waals surface area contributed by atoms with Crippen molar-refractivity contribution < 1.29 is 14.5 Å². The number of halogens is 1. The Labute approximate surface area is 132 Å². The first kappa shape index (κ1) is 15.7. The highest BCUT2D eigenvalue weighted by Gasteiger charge is 2.18. The molecule has 1 aromatic heterocycles. The van der Waals surface area contributed by atoms with E-state index >= 15 is 0 Å². The number of nitrogens with one attached hydrogen (secondary N) is 2. The molecule has 0 aliphatic carbocycles. The number of nitro groups is 1. The van der Waals surface area contributed by atoms with Gasteiger partial charge in [0.25, 0.3) is 11.5 Å². The minimum Gasteiger partial charge on any atom is -0.490 e. The molecule has 0 saturated heterocycles. The van der Waals surface area contributed by atoms with Gasteiger partial charge in [-0.2, -0.15) is 0 Å². The number of anilines is 1. The van der Waals surface area contributed by atoms with Crippen LogP contribution in [0, 0.1) is 10.1 Å². The summed E-state index contributed by atoms with van der Waals surface area (Å²) in [5.41, 5.74) is -0.539. The zero-order valence-corrected chi connectivity index (χ0v) is 12.8. The van der Waals surface area contributed by atoms with E-state index in [-0.39, 0.29) is 22.7 Å². The van der Waals surface area contributed by atoms with Gasteiger partial charge in [0, 0.05) is 28.4 Å². The molecule has 0 atom stereocenters. The topological polar surface area (TPSA) is 114 Å². The van der Waals surface area contributed by atoms with Crippen molar-refractivity contribution in [1.82, 2.24) is 4.98 Å². The summed E-state index contributed by atoms with van der Waals surface area (Å²) in [6.45, 7) is 0. The van der Waals surface area contributed by atoms with Crippen LogP contribution < -0.4 is 15.6 Å². The maximum absolute atomic E-state index is 12.1. The Bertz CT molecular complexity index is 803. The van der Waals surface area contributed by atoms with Crippen molar-refractivity contribution in [2.75, 3.05) is 12.4 Å². The zero-order valence-electron chi connectivity index (χ0n) is 11.3. The average molecular weight is 368 g/mol. The Morgan fingerprint density at radius 1 is 1.41 bits per heavy atom. The molecule has 0 spiro atoms. The lowest BCUT2D eigenvalue weighted by atomic mass is 10.1. The molecule has 9 heteroatoms. The largest absolute Gasteiger partial charge is 0.490 e. The number of hydrogen-bond donors (Lipinski definition) is 2. The lowest BCUT2D eigenvalue weighted by Crippen LogP contribution is -2.19. The van der Waals surface area contributed by atoms with E-state index < -0.39 is 16.4 Å². The van der Waals surface area contributed by atoms with Gasteiger partial charge in [-0.3, -0.25) is 19.7 Å². The average Bonchev–Trinajstić information content (AvgIpc) is 2.50. The van der Waals surface area contributed by atoms with Crippen LogP contribution >= 0.6 is 15.9 Å². The maximum Gasteiger partial charge on any atom is 0.310 e. The number of ether oxygens (including phenoxy) is 1. The maximum atomic E-state index is 12.1. The third-order valence-electron chi connectivity index (χ3n) is 2.75. The van der Waals surface area contributed by atoms with Crippen molar-refractivity contribution in [3.05, 3.63) is 61.0 Å². The smallest absolute Gasteiger partial charge is 0.310 e. The summed E-state index contributed by atoms with van der Waals surface area (Å²) in [5, 5.41) is 13.2. The number of nitro benzene ring substituents is 1. The third kappa shape index (κ3) is 3.31. The van der Waals surface area contributed by atoms with E-state index in [1.807, 2.05) is 0 Å². The molecule has 1 heterocycles. The molecule has 114 valence electrons. The summed E-state index contributed by atoms with van der Waals surface area (Å²) < 4.78 is 5.48. The molecular formula is C13H10BrN3O5. The van der Waals surface area contributed by atoms with Gasteiger partial charge in [0.15, 0.2) is 5.75 Å². The highest BCUT2D eigenvalue weighted by molar-refractivity contribution is 9.10. The van der Waals surface area contributed by atoms with Crippen LogP contribution in [-0.4, -0.2) is 22.9 Å². The second-order valence-electron chi connectivity index (χ2n) is 4.16. The van der Waals surface area contributed by atoms with E-state index in [0.29, 0.717) is 4.47 Å². The summed E-state index contributed by atoms with van der Waals surface area (Å²) >= 11 is 3.17. The fraction of sp³-hybridized carbons (Fsp3) is 0.0769. The van der Waals surface area contributed by atoms with Crippen molar-refractivity contribution in [3.63, 3.8) is 0 Å². The first-order valence-electron chi connectivity index (χ1n) is 5.94. The standard InChI is InChI=1S/C13H10BrN3O5/c1-22-11-4-7(2-3-10(11)17(20)21)12(18)16-9-5-8(14)6-15-13(9)19/h2-6H,1H3,(H,15,19)(H,16,18). The van der Waals surface area contributed by atoms with E-state index in [4.69, 9.17) is 4.74 Å². The van der Waals surface area contributed by atoms with Gasteiger partial charge < -0.3 is 15.0 Å². The van der Waals surface area contributed by atoms with Gasteiger partial charge >= 0.3 is 5.69 Å². The van der Waals surface area contributed by atoms with Crippen LogP contribution in [0.25, 0.3) is 0 Å². The van der Waals surface area contributed by atoms with Gasteiger partial charge in [-0.05, 0) is 28.1 Å². The monoisotopic (exact) mass is 367 g/mol. The highest BCUT2D eigenvalue weighted by atomic mass is 79.9. The molecule has 0 bridgehead atoms. The molecule has 1 aromatic carbocycles. The summed E-state index contributed by atoms with van der Waals surface area (Å²) in [7, 11) is 1.27. The Morgan fingerprint density at radius 3 is 2.77 bits per heavy atom. The lowest BCUT2D eigenvalue weighted by Gasteiger charge is -2.07. The van der Waals surface area contributed by atoms with Crippen LogP contribution in [0.5, 0.6) is 5.75 Å². The Kier molecular flexibility index (Phi) is 4.56. The minimum absolute atomic E-state index is 0.0409. The summed E-state index contributed by atoms with van der Waals surface area (Å²) in [6.07, 6.45) is 1.44. The van der Waals surface area contributed by atoms with Crippen molar-refractivity contribution in [2.24, 2.45) is 0 Å². The molecule has 0 unspecified atom stereocenters. The molecule has 8 nitrogen and oxygen atoms in total. The molecule has 2 N–H and O–H groups in total. The summed E-state index contributed by atoms with van der Waals surface area (Å²) in [4.78, 5) is 36.4. The van der Waals surface area contributed by atoms with E-state index in [1.165, 1.54) is 37.6 Å². The van der Waals surface area contributed by atoms with Gasteiger partial charge in [0.05, 0.1) is 12.0 Å². The number of carbonyl (C=O) groups excluding carboxylic acids is 1. The number of aromatic nitrogens is 1. The lowest BCUT2D eigenvalue weighted by molar-refractivity contribution is -0.385. The number of amides is 1. The second-order valence-corrected chi connectivity index (χ2v) is 5.07. The third-order valence-corrected chi connectivity index (χ3v) is 3.21. The first-order valence-corrected chi connectivity index (χ1v) is 6.73. The molecule has 0 saturated carbocycles. The van der Waals surface area contributed by atoms with Gasteiger partial charge in [-0.15, -0.1) is 0 Å². The van der Waals surface area contributed by atoms with Crippen molar-refractivity contribution in [1.29, 1.82) is 0 Å². The number of H-pyrrole nitrogens is 1. The van der Waals surface area contributed by atoms with Crippen molar-refractivity contribution in [3.8, 4) is 5.75 Å².